The largest absolute Gasteiger partial charge is 0.466 e. The van der Waals surface area contributed by atoms with Gasteiger partial charge in [0, 0.05) is 11.8 Å². The number of aryl methyl sites for hydroxylation is 1. The Hall–Kier alpha value is -1.63. The van der Waals surface area contributed by atoms with Crippen molar-refractivity contribution in [2.24, 2.45) is 16.5 Å². The summed E-state index contributed by atoms with van der Waals surface area (Å²) >= 11 is 1.33. The zero-order valence-corrected chi connectivity index (χ0v) is 9.79. The summed E-state index contributed by atoms with van der Waals surface area (Å²) in [7, 11) is 0. The van der Waals surface area contributed by atoms with Crippen molar-refractivity contribution in [3.05, 3.63) is 11.1 Å². The molecule has 0 amide bonds. The third-order valence-electron chi connectivity index (χ3n) is 1.65. The second-order valence-corrected chi connectivity index (χ2v) is 3.80. The minimum atomic E-state index is -0.223. The third-order valence-corrected chi connectivity index (χ3v) is 2.44. The zero-order chi connectivity index (χ0) is 12.0. The number of hydrogen-bond acceptors (Lipinski definition) is 5. The molecule has 1 aromatic heterocycles. The highest BCUT2D eigenvalue weighted by Crippen LogP contribution is 2.19. The average Bonchev–Trinajstić information content (AvgIpc) is 2.62. The van der Waals surface area contributed by atoms with Crippen LogP contribution in [0.4, 0.5) is 5.13 Å². The van der Waals surface area contributed by atoms with E-state index in [1.165, 1.54) is 11.3 Å². The fraction of sp³-hybridized carbons (Fsp3) is 0.444. The number of aliphatic imine (C=N–C) groups is 1. The van der Waals surface area contributed by atoms with Gasteiger partial charge in [-0.05, 0) is 6.92 Å². The third kappa shape index (κ3) is 4.26. The molecule has 0 unspecified atom stereocenters. The second-order valence-electron chi connectivity index (χ2n) is 2.96. The highest BCUT2D eigenvalue weighted by Gasteiger charge is 2.05. The van der Waals surface area contributed by atoms with E-state index in [-0.39, 0.29) is 11.9 Å². The van der Waals surface area contributed by atoms with Crippen LogP contribution in [0.15, 0.2) is 10.4 Å². The van der Waals surface area contributed by atoms with Crippen LogP contribution in [0, 0.1) is 0 Å². The maximum Gasteiger partial charge on any atom is 0.306 e. The molecule has 0 radical (unpaired) electrons. The number of carbonyl (C=O) groups is 1. The molecule has 7 heteroatoms. The van der Waals surface area contributed by atoms with E-state index in [9.17, 15) is 4.79 Å². The van der Waals surface area contributed by atoms with Gasteiger partial charge in [-0.15, -0.1) is 11.3 Å². The van der Waals surface area contributed by atoms with Crippen LogP contribution in [0.1, 0.15) is 19.0 Å². The van der Waals surface area contributed by atoms with Crippen LogP contribution < -0.4 is 11.5 Å². The molecule has 1 aromatic rings. The number of rotatable bonds is 5. The summed E-state index contributed by atoms with van der Waals surface area (Å²) in [6.45, 7) is 2.17. The van der Waals surface area contributed by atoms with Crippen molar-refractivity contribution >= 4 is 28.4 Å². The minimum absolute atomic E-state index is 0.0220. The molecule has 0 saturated carbocycles. The molecule has 1 heterocycles. The molecule has 0 fully saturated rings. The van der Waals surface area contributed by atoms with E-state index < -0.39 is 0 Å². The van der Waals surface area contributed by atoms with Crippen molar-refractivity contribution in [2.75, 3.05) is 6.61 Å². The van der Waals surface area contributed by atoms with Gasteiger partial charge in [0.05, 0.1) is 18.7 Å². The Morgan fingerprint density at radius 3 is 3.00 bits per heavy atom. The van der Waals surface area contributed by atoms with Gasteiger partial charge < -0.3 is 16.2 Å². The van der Waals surface area contributed by atoms with Crippen molar-refractivity contribution in [1.29, 1.82) is 0 Å². The van der Waals surface area contributed by atoms with E-state index >= 15 is 0 Å². The Balaban J connectivity index is 2.46. The molecule has 0 atom stereocenters. The SMILES string of the molecule is CCOC(=O)CCc1csc(N=C(N)N)n1. The molecular weight excluding hydrogens is 228 g/mol. The Morgan fingerprint density at radius 1 is 1.62 bits per heavy atom. The average molecular weight is 242 g/mol. The summed E-state index contributed by atoms with van der Waals surface area (Å²) in [5, 5.41) is 2.32. The van der Waals surface area contributed by atoms with Crippen LogP contribution in [0.3, 0.4) is 0 Å². The maximum atomic E-state index is 11.1. The lowest BCUT2D eigenvalue weighted by Crippen LogP contribution is -2.21. The molecule has 0 aliphatic heterocycles. The quantitative estimate of drug-likeness (QED) is 0.445. The number of carbonyl (C=O) groups excluding carboxylic acids is 1. The van der Waals surface area contributed by atoms with E-state index in [0.29, 0.717) is 24.6 Å². The summed E-state index contributed by atoms with van der Waals surface area (Å²) in [6, 6.07) is 0. The van der Waals surface area contributed by atoms with Gasteiger partial charge in [-0.3, -0.25) is 4.79 Å². The fourth-order valence-corrected chi connectivity index (χ4v) is 1.78. The van der Waals surface area contributed by atoms with E-state index in [1.54, 1.807) is 6.92 Å². The first-order valence-corrected chi connectivity index (χ1v) is 5.69. The molecule has 0 saturated heterocycles. The summed E-state index contributed by atoms with van der Waals surface area (Å²) in [6.07, 6.45) is 0.855. The summed E-state index contributed by atoms with van der Waals surface area (Å²) < 4.78 is 4.80. The van der Waals surface area contributed by atoms with Gasteiger partial charge in [0.2, 0.25) is 5.13 Å². The molecule has 0 spiro atoms. The monoisotopic (exact) mass is 242 g/mol. The Bertz CT molecular complexity index is 385. The Labute approximate surface area is 97.3 Å². The minimum Gasteiger partial charge on any atom is -0.466 e. The lowest BCUT2D eigenvalue weighted by molar-refractivity contribution is -0.143. The molecule has 0 aromatic carbocycles. The molecule has 4 N–H and O–H groups in total. The van der Waals surface area contributed by atoms with Crippen molar-refractivity contribution in [3.8, 4) is 0 Å². The first-order chi connectivity index (χ1) is 7.61. The van der Waals surface area contributed by atoms with E-state index in [2.05, 4.69) is 9.98 Å². The van der Waals surface area contributed by atoms with Gasteiger partial charge >= 0.3 is 5.97 Å². The topological polar surface area (TPSA) is 104 Å². The van der Waals surface area contributed by atoms with Gasteiger partial charge in [0.1, 0.15) is 0 Å². The maximum absolute atomic E-state index is 11.1. The summed E-state index contributed by atoms with van der Waals surface area (Å²) in [4.78, 5) is 19.0. The summed E-state index contributed by atoms with van der Waals surface area (Å²) in [5.41, 5.74) is 11.2. The standard InChI is InChI=1S/C9H14N4O2S/c1-2-15-7(14)4-3-6-5-16-9(12-6)13-8(10)11/h5H,2-4H2,1H3,(H4,10,11,12,13). The van der Waals surface area contributed by atoms with Gasteiger partial charge in [0.25, 0.3) is 0 Å². The Kier molecular flexibility index (Phi) is 4.71. The summed E-state index contributed by atoms with van der Waals surface area (Å²) in [5.74, 6) is -0.245. The van der Waals surface area contributed by atoms with E-state index in [1.807, 2.05) is 5.38 Å². The van der Waals surface area contributed by atoms with Crippen LogP contribution in [-0.4, -0.2) is 23.5 Å². The lowest BCUT2D eigenvalue weighted by atomic mass is 10.2. The van der Waals surface area contributed by atoms with E-state index in [0.717, 1.165) is 5.69 Å². The van der Waals surface area contributed by atoms with Crippen LogP contribution in [-0.2, 0) is 16.0 Å². The molecule has 1 rings (SSSR count). The molecule has 0 bridgehead atoms. The first-order valence-electron chi connectivity index (χ1n) is 4.81. The molecular formula is C9H14N4O2S. The van der Waals surface area contributed by atoms with Crippen molar-refractivity contribution in [3.63, 3.8) is 0 Å². The highest BCUT2D eigenvalue weighted by atomic mass is 32.1. The van der Waals surface area contributed by atoms with Crippen molar-refractivity contribution in [2.45, 2.75) is 19.8 Å². The number of nitrogens with zero attached hydrogens (tertiary/aromatic N) is 2. The number of guanidine groups is 1. The number of esters is 1. The lowest BCUT2D eigenvalue weighted by Gasteiger charge is -1.98. The van der Waals surface area contributed by atoms with Crippen LogP contribution in [0.5, 0.6) is 0 Å². The highest BCUT2D eigenvalue weighted by molar-refractivity contribution is 7.13. The normalized spacial score (nSPS) is 9.81. The zero-order valence-electron chi connectivity index (χ0n) is 8.97. The van der Waals surface area contributed by atoms with Gasteiger partial charge in [-0.1, -0.05) is 0 Å². The Morgan fingerprint density at radius 2 is 2.38 bits per heavy atom. The number of nitrogens with two attached hydrogens (primary N) is 2. The van der Waals surface area contributed by atoms with Gasteiger partial charge in [-0.2, -0.15) is 4.99 Å². The van der Waals surface area contributed by atoms with Crippen molar-refractivity contribution in [1.82, 2.24) is 4.98 Å². The molecule has 0 aliphatic rings. The number of hydrogen-bond donors (Lipinski definition) is 2. The van der Waals surface area contributed by atoms with Crippen LogP contribution in [0.2, 0.25) is 0 Å². The number of ether oxygens (including phenoxy) is 1. The second kappa shape index (κ2) is 6.06. The molecule has 0 aliphatic carbocycles. The predicted molar refractivity (Wildman–Crippen MR) is 62.5 cm³/mol. The number of aromatic nitrogens is 1. The smallest absolute Gasteiger partial charge is 0.306 e. The van der Waals surface area contributed by atoms with Crippen molar-refractivity contribution < 1.29 is 9.53 Å². The molecule has 6 nitrogen and oxygen atoms in total. The fourth-order valence-electron chi connectivity index (χ4n) is 1.04. The van der Waals surface area contributed by atoms with Crippen LogP contribution >= 0.6 is 11.3 Å². The number of thiazole rings is 1. The molecule has 16 heavy (non-hydrogen) atoms. The molecule has 88 valence electrons. The van der Waals surface area contributed by atoms with Gasteiger partial charge in [-0.25, -0.2) is 4.98 Å². The van der Waals surface area contributed by atoms with E-state index in [4.69, 9.17) is 16.2 Å². The predicted octanol–water partition coefficient (Wildman–Crippen LogP) is 0.544. The van der Waals surface area contributed by atoms with Gasteiger partial charge in [0.15, 0.2) is 5.96 Å². The first kappa shape index (κ1) is 12.4. The van der Waals surface area contributed by atoms with Crippen LogP contribution in [0.25, 0.3) is 0 Å².